The van der Waals surface area contributed by atoms with Crippen molar-refractivity contribution >= 4 is 17.7 Å². The van der Waals surface area contributed by atoms with Crippen LogP contribution in [0, 0.1) is 0 Å². The predicted octanol–water partition coefficient (Wildman–Crippen LogP) is 3.15. The largest absolute Gasteiger partial charge is 0.504 e. The summed E-state index contributed by atoms with van der Waals surface area (Å²) in [6, 6.07) is 14.9. The number of carbonyl (C=O) groups is 1. The maximum absolute atomic E-state index is 13.4. The number of nitrogens with zero attached hydrogens (tertiary/aromatic N) is 2. The van der Waals surface area contributed by atoms with E-state index in [9.17, 15) is 9.90 Å². The molecule has 0 saturated carbocycles. The summed E-state index contributed by atoms with van der Waals surface area (Å²) in [4.78, 5) is 17.4. The minimum atomic E-state index is -0.267. The molecule has 0 bridgehead atoms. The first-order valence-corrected chi connectivity index (χ1v) is 10.2. The van der Waals surface area contributed by atoms with E-state index in [0.29, 0.717) is 12.3 Å². The maximum Gasteiger partial charge on any atom is 0.244 e. The van der Waals surface area contributed by atoms with E-state index in [-0.39, 0.29) is 17.7 Å². The molecule has 0 aromatic heterocycles. The molecule has 1 unspecified atom stereocenters. The maximum atomic E-state index is 13.4. The third kappa shape index (κ3) is 4.76. The lowest BCUT2D eigenvalue weighted by Gasteiger charge is -2.35. The smallest absolute Gasteiger partial charge is 0.244 e. The third-order valence-electron chi connectivity index (χ3n) is 4.80. The average Bonchev–Trinajstić information content (AvgIpc) is 2.71. The number of benzene rings is 2. The molecule has 27 heavy (non-hydrogen) atoms. The molecule has 1 aliphatic heterocycles. The zero-order valence-corrected chi connectivity index (χ0v) is 16.6. The Morgan fingerprint density at radius 3 is 2.59 bits per heavy atom. The Morgan fingerprint density at radius 1 is 1.22 bits per heavy atom. The summed E-state index contributed by atoms with van der Waals surface area (Å²) >= 11 is 1.94. The molecule has 0 spiro atoms. The van der Waals surface area contributed by atoms with Crippen LogP contribution in [-0.2, 0) is 11.3 Å². The van der Waals surface area contributed by atoms with Crippen LogP contribution in [0.3, 0.4) is 0 Å². The molecule has 6 heteroatoms. The van der Waals surface area contributed by atoms with E-state index in [4.69, 9.17) is 4.74 Å². The van der Waals surface area contributed by atoms with E-state index in [0.717, 1.165) is 35.7 Å². The summed E-state index contributed by atoms with van der Waals surface area (Å²) < 4.78 is 5.18. The highest BCUT2D eigenvalue weighted by Gasteiger charge is 2.31. The molecular weight excluding hydrogens is 360 g/mol. The molecular formula is C21H26N2O3S. The number of phenolic OH excluding ortho intramolecular Hbond substituents is 1. The van der Waals surface area contributed by atoms with Gasteiger partial charge in [-0.05, 0) is 23.3 Å². The molecule has 2 aromatic carbocycles. The molecule has 1 atom stereocenters. The second-order valence-electron chi connectivity index (χ2n) is 6.66. The lowest BCUT2D eigenvalue weighted by atomic mass is 10.0. The van der Waals surface area contributed by atoms with E-state index in [1.165, 1.54) is 7.11 Å². The van der Waals surface area contributed by atoms with Crippen molar-refractivity contribution in [2.75, 3.05) is 38.8 Å². The molecule has 1 fully saturated rings. The van der Waals surface area contributed by atoms with Crippen LogP contribution in [0.4, 0.5) is 0 Å². The van der Waals surface area contributed by atoms with Crippen molar-refractivity contribution < 1.29 is 14.6 Å². The van der Waals surface area contributed by atoms with Gasteiger partial charge < -0.3 is 14.7 Å². The third-order valence-corrected chi connectivity index (χ3v) is 5.74. The normalized spacial score (nSPS) is 15.9. The molecule has 2 aromatic rings. The summed E-state index contributed by atoms with van der Waals surface area (Å²) in [5.74, 6) is 2.70. The molecule has 0 radical (unpaired) electrons. The molecule has 1 amide bonds. The number of amides is 1. The molecule has 3 rings (SSSR count). The van der Waals surface area contributed by atoms with Gasteiger partial charge in [0, 0.05) is 38.2 Å². The van der Waals surface area contributed by atoms with Gasteiger partial charge in [0.25, 0.3) is 0 Å². The van der Waals surface area contributed by atoms with Crippen LogP contribution in [0.5, 0.6) is 11.5 Å². The first kappa shape index (κ1) is 19.6. The number of phenols is 1. The summed E-state index contributed by atoms with van der Waals surface area (Å²) in [6.07, 6.45) is 0. The van der Waals surface area contributed by atoms with Crippen molar-refractivity contribution in [2.24, 2.45) is 0 Å². The number of hydrogen-bond donors (Lipinski definition) is 1. The predicted molar refractivity (Wildman–Crippen MR) is 109 cm³/mol. The highest BCUT2D eigenvalue weighted by Crippen LogP contribution is 2.29. The fourth-order valence-corrected chi connectivity index (χ4v) is 4.29. The zero-order valence-electron chi connectivity index (χ0n) is 15.8. The summed E-state index contributed by atoms with van der Waals surface area (Å²) in [5.41, 5.74) is 1.95. The number of likely N-dealkylation sites (N-methyl/N-ethyl adjacent to an activating group) is 1. The Labute approximate surface area is 164 Å². The van der Waals surface area contributed by atoms with Crippen LogP contribution >= 0.6 is 11.8 Å². The SMILES string of the molecule is COc1cc(CN(C)C(=O)C(c2ccccc2)N2CCSCC2)ccc1O. The lowest BCUT2D eigenvalue weighted by Crippen LogP contribution is -2.44. The lowest BCUT2D eigenvalue weighted by molar-refractivity contribution is -0.136. The molecule has 5 nitrogen and oxygen atoms in total. The van der Waals surface area contributed by atoms with Crippen molar-refractivity contribution in [2.45, 2.75) is 12.6 Å². The minimum Gasteiger partial charge on any atom is -0.504 e. The van der Waals surface area contributed by atoms with Crippen molar-refractivity contribution in [1.29, 1.82) is 0 Å². The standard InChI is InChI=1S/C21H26N2O3S/c1-22(15-16-8-9-18(24)19(14-16)26-2)21(25)20(17-6-4-3-5-7-17)23-10-12-27-13-11-23/h3-9,14,20,24H,10-13,15H2,1-2H3. The molecule has 1 saturated heterocycles. The minimum absolute atomic E-state index is 0.0835. The first-order valence-electron chi connectivity index (χ1n) is 9.07. The van der Waals surface area contributed by atoms with Crippen LogP contribution in [0.15, 0.2) is 48.5 Å². The Bertz CT molecular complexity index is 763. The Hall–Kier alpha value is -2.18. The zero-order chi connectivity index (χ0) is 19.2. The summed E-state index contributed by atoms with van der Waals surface area (Å²) in [5, 5.41) is 9.77. The second-order valence-corrected chi connectivity index (χ2v) is 7.89. The highest BCUT2D eigenvalue weighted by molar-refractivity contribution is 7.99. The number of rotatable bonds is 6. The Kier molecular flexibility index (Phi) is 6.63. The van der Waals surface area contributed by atoms with Gasteiger partial charge in [-0.3, -0.25) is 9.69 Å². The highest BCUT2D eigenvalue weighted by atomic mass is 32.2. The van der Waals surface area contributed by atoms with Crippen LogP contribution in [-0.4, -0.2) is 59.6 Å². The van der Waals surface area contributed by atoms with Gasteiger partial charge in [-0.25, -0.2) is 0 Å². The number of hydrogen-bond acceptors (Lipinski definition) is 5. The first-order chi connectivity index (χ1) is 13.1. The number of carbonyl (C=O) groups excluding carboxylic acids is 1. The van der Waals surface area contributed by atoms with Gasteiger partial charge in [-0.15, -0.1) is 0 Å². The van der Waals surface area contributed by atoms with E-state index >= 15 is 0 Å². The quantitative estimate of drug-likeness (QED) is 0.827. The molecule has 1 aliphatic rings. The van der Waals surface area contributed by atoms with Crippen LogP contribution in [0.1, 0.15) is 17.2 Å². The second kappa shape index (κ2) is 9.15. The van der Waals surface area contributed by atoms with Gasteiger partial charge >= 0.3 is 0 Å². The fraction of sp³-hybridized carbons (Fsp3) is 0.381. The number of ether oxygens (including phenoxy) is 1. The van der Waals surface area contributed by atoms with Gasteiger partial charge in [0.1, 0.15) is 6.04 Å². The van der Waals surface area contributed by atoms with Crippen LogP contribution in [0.2, 0.25) is 0 Å². The number of methoxy groups -OCH3 is 1. The summed E-state index contributed by atoms with van der Waals surface area (Å²) in [7, 11) is 3.35. The topological polar surface area (TPSA) is 53.0 Å². The van der Waals surface area contributed by atoms with Gasteiger partial charge in [-0.2, -0.15) is 11.8 Å². The molecule has 144 valence electrons. The van der Waals surface area contributed by atoms with Gasteiger partial charge in [0.05, 0.1) is 7.11 Å². The molecule has 1 heterocycles. The van der Waals surface area contributed by atoms with Crippen LogP contribution < -0.4 is 4.74 Å². The van der Waals surface area contributed by atoms with Gasteiger partial charge in [0.15, 0.2) is 11.5 Å². The van der Waals surface area contributed by atoms with Crippen molar-refractivity contribution in [3.05, 3.63) is 59.7 Å². The Balaban J connectivity index is 1.80. The fourth-order valence-electron chi connectivity index (χ4n) is 3.36. The van der Waals surface area contributed by atoms with E-state index in [1.54, 1.807) is 17.0 Å². The van der Waals surface area contributed by atoms with E-state index < -0.39 is 0 Å². The number of thioether (sulfide) groups is 1. The average molecular weight is 387 g/mol. The van der Waals surface area contributed by atoms with Gasteiger partial charge in [0.2, 0.25) is 5.91 Å². The van der Waals surface area contributed by atoms with Gasteiger partial charge in [-0.1, -0.05) is 36.4 Å². The van der Waals surface area contributed by atoms with Crippen molar-refractivity contribution in [3.63, 3.8) is 0 Å². The van der Waals surface area contributed by atoms with Crippen molar-refractivity contribution in [1.82, 2.24) is 9.80 Å². The van der Waals surface area contributed by atoms with Crippen LogP contribution in [0.25, 0.3) is 0 Å². The summed E-state index contributed by atoms with van der Waals surface area (Å²) in [6.45, 7) is 2.29. The molecule has 0 aliphatic carbocycles. The number of aromatic hydroxyl groups is 1. The Morgan fingerprint density at radius 2 is 1.93 bits per heavy atom. The molecule has 1 N–H and O–H groups in total. The van der Waals surface area contributed by atoms with Crippen molar-refractivity contribution in [3.8, 4) is 11.5 Å². The monoisotopic (exact) mass is 386 g/mol. The van der Waals surface area contributed by atoms with E-state index in [1.807, 2.05) is 55.2 Å². The van der Waals surface area contributed by atoms with E-state index in [2.05, 4.69) is 4.90 Å².